The number of amides is 2. The van der Waals surface area contributed by atoms with Crippen LogP contribution in [0.15, 0.2) is 24.3 Å². The van der Waals surface area contributed by atoms with Crippen molar-refractivity contribution in [3.8, 4) is 0 Å². The van der Waals surface area contributed by atoms with E-state index in [0.29, 0.717) is 24.4 Å². The van der Waals surface area contributed by atoms with E-state index in [1.54, 1.807) is 30.1 Å². The zero-order chi connectivity index (χ0) is 15.4. The number of nitrogens with zero attached hydrogens (tertiary/aromatic N) is 1. The van der Waals surface area contributed by atoms with Gasteiger partial charge < -0.3 is 15.3 Å². The molecule has 1 aromatic carbocycles. The maximum Gasteiger partial charge on any atom is 0.335 e. The first kappa shape index (κ1) is 15.4. The fourth-order valence-electron chi connectivity index (χ4n) is 2.47. The topological polar surface area (TPSA) is 69.6 Å². The molecule has 2 rings (SSSR count). The zero-order valence-corrected chi connectivity index (χ0v) is 12.5. The molecule has 0 spiro atoms. The van der Waals surface area contributed by atoms with E-state index in [-0.39, 0.29) is 6.03 Å². The van der Waals surface area contributed by atoms with Crippen LogP contribution in [0.25, 0.3) is 0 Å². The van der Waals surface area contributed by atoms with Gasteiger partial charge in [-0.1, -0.05) is 25.1 Å². The highest BCUT2D eigenvalue weighted by molar-refractivity contribution is 5.89. The van der Waals surface area contributed by atoms with Crippen molar-refractivity contribution >= 4 is 12.0 Å². The number of carbonyl (C=O) groups excluding carboxylic acids is 1. The van der Waals surface area contributed by atoms with Crippen LogP contribution in [0.4, 0.5) is 4.79 Å². The van der Waals surface area contributed by atoms with Crippen LogP contribution < -0.4 is 5.32 Å². The number of nitrogens with one attached hydrogen (secondary N) is 1. The molecular weight excluding hydrogens is 268 g/mol. The Morgan fingerprint density at radius 2 is 2.05 bits per heavy atom. The van der Waals surface area contributed by atoms with Gasteiger partial charge in [0.05, 0.1) is 5.56 Å². The fourth-order valence-corrected chi connectivity index (χ4v) is 2.47. The van der Waals surface area contributed by atoms with Gasteiger partial charge in [-0.25, -0.2) is 9.59 Å². The molecule has 1 fully saturated rings. The number of benzene rings is 1. The SMILES string of the molecule is CC1CC1CN(C)C(=O)NCCc1ccccc1C(=O)O. The number of rotatable bonds is 6. The van der Waals surface area contributed by atoms with E-state index in [4.69, 9.17) is 5.11 Å². The van der Waals surface area contributed by atoms with Crippen molar-refractivity contribution in [2.24, 2.45) is 11.8 Å². The minimum atomic E-state index is -0.934. The van der Waals surface area contributed by atoms with Crippen LogP contribution in [-0.4, -0.2) is 42.1 Å². The predicted octanol–water partition coefficient (Wildman–Crippen LogP) is 2.22. The van der Waals surface area contributed by atoms with E-state index in [0.717, 1.165) is 18.0 Å². The van der Waals surface area contributed by atoms with Crippen molar-refractivity contribution in [3.05, 3.63) is 35.4 Å². The highest BCUT2D eigenvalue weighted by Gasteiger charge is 2.34. The Balaban J connectivity index is 1.78. The van der Waals surface area contributed by atoms with E-state index >= 15 is 0 Å². The van der Waals surface area contributed by atoms with Gasteiger partial charge >= 0.3 is 12.0 Å². The fraction of sp³-hybridized carbons (Fsp3) is 0.500. The lowest BCUT2D eigenvalue weighted by Gasteiger charge is -2.18. The number of carboxylic acid groups (broad SMARTS) is 1. The van der Waals surface area contributed by atoms with E-state index in [1.165, 1.54) is 6.42 Å². The van der Waals surface area contributed by atoms with Crippen LogP contribution in [0.2, 0.25) is 0 Å². The van der Waals surface area contributed by atoms with Crippen LogP contribution in [-0.2, 0) is 6.42 Å². The molecule has 1 aliphatic carbocycles. The van der Waals surface area contributed by atoms with Crippen molar-refractivity contribution in [1.29, 1.82) is 0 Å². The number of carboxylic acids is 1. The van der Waals surface area contributed by atoms with Gasteiger partial charge in [0, 0.05) is 20.1 Å². The molecule has 114 valence electrons. The van der Waals surface area contributed by atoms with E-state index < -0.39 is 5.97 Å². The largest absolute Gasteiger partial charge is 0.478 e. The summed E-state index contributed by atoms with van der Waals surface area (Å²) >= 11 is 0. The highest BCUT2D eigenvalue weighted by Crippen LogP contribution is 2.37. The molecule has 5 heteroatoms. The first-order valence-electron chi connectivity index (χ1n) is 7.29. The Kier molecular flexibility index (Phi) is 4.83. The molecule has 0 saturated heterocycles. The second-order valence-corrected chi connectivity index (χ2v) is 5.80. The Bertz CT molecular complexity index is 530. The highest BCUT2D eigenvalue weighted by atomic mass is 16.4. The Hall–Kier alpha value is -2.04. The van der Waals surface area contributed by atoms with E-state index in [9.17, 15) is 9.59 Å². The molecule has 21 heavy (non-hydrogen) atoms. The van der Waals surface area contributed by atoms with Crippen molar-refractivity contribution in [1.82, 2.24) is 10.2 Å². The first-order chi connectivity index (χ1) is 9.99. The number of aromatic carboxylic acids is 1. The average Bonchev–Trinajstić information content (AvgIpc) is 3.14. The molecule has 2 atom stereocenters. The summed E-state index contributed by atoms with van der Waals surface area (Å²) in [5.41, 5.74) is 1.04. The van der Waals surface area contributed by atoms with Gasteiger partial charge in [-0.15, -0.1) is 0 Å². The summed E-state index contributed by atoms with van der Waals surface area (Å²) in [7, 11) is 1.80. The monoisotopic (exact) mass is 290 g/mol. The maximum atomic E-state index is 11.9. The van der Waals surface area contributed by atoms with Gasteiger partial charge in [0.15, 0.2) is 0 Å². The molecule has 2 amide bonds. The number of hydrogen-bond donors (Lipinski definition) is 2. The number of hydrogen-bond acceptors (Lipinski definition) is 2. The van der Waals surface area contributed by atoms with Gasteiger partial charge in [-0.3, -0.25) is 0 Å². The molecule has 2 N–H and O–H groups in total. The molecule has 0 aromatic heterocycles. The van der Waals surface area contributed by atoms with Crippen LogP contribution in [0.3, 0.4) is 0 Å². The van der Waals surface area contributed by atoms with Crippen molar-refractivity contribution < 1.29 is 14.7 Å². The molecule has 1 aromatic rings. The van der Waals surface area contributed by atoms with E-state index in [1.807, 2.05) is 6.07 Å². The summed E-state index contributed by atoms with van der Waals surface area (Å²) in [4.78, 5) is 24.7. The van der Waals surface area contributed by atoms with Crippen molar-refractivity contribution in [2.75, 3.05) is 20.1 Å². The van der Waals surface area contributed by atoms with Crippen molar-refractivity contribution in [2.45, 2.75) is 19.8 Å². The van der Waals surface area contributed by atoms with Gasteiger partial charge in [0.25, 0.3) is 0 Å². The Morgan fingerprint density at radius 1 is 1.38 bits per heavy atom. The lowest BCUT2D eigenvalue weighted by molar-refractivity contribution is 0.0695. The zero-order valence-electron chi connectivity index (χ0n) is 12.5. The summed E-state index contributed by atoms with van der Waals surface area (Å²) in [6.07, 6.45) is 1.71. The number of carbonyl (C=O) groups is 2. The summed E-state index contributed by atoms with van der Waals surface area (Å²) in [6, 6.07) is 6.79. The minimum absolute atomic E-state index is 0.0955. The third-order valence-corrected chi connectivity index (χ3v) is 4.05. The molecule has 5 nitrogen and oxygen atoms in total. The molecule has 1 aliphatic rings. The molecule has 0 aliphatic heterocycles. The second kappa shape index (κ2) is 6.61. The lowest BCUT2D eigenvalue weighted by Crippen LogP contribution is -2.39. The molecule has 1 saturated carbocycles. The third-order valence-electron chi connectivity index (χ3n) is 4.05. The van der Waals surface area contributed by atoms with Crippen LogP contribution in [0, 0.1) is 11.8 Å². The average molecular weight is 290 g/mol. The summed E-state index contributed by atoms with van der Waals surface area (Å²) in [5, 5.41) is 11.9. The molecule has 0 heterocycles. The van der Waals surface area contributed by atoms with Crippen LogP contribution in [0.5, 0.6) is 0 Å². The van der Waals surface area contributed by atoms with Crippen molar-refractivity contribution in [3.63, 3.8) is 0 Å². The molecule has 0 radical (unpaired) electrons. The van der Waals surface area contributed by atoms with Gasteiger partial charge in [-0.2, -0.15) is 0 Å². The Labute approximate surface area is 125 Å². The standard InChI is InChI=1S/C16H22N2O3/c1-11-9-13(11)10-18(2)16(21)17-8-7-12-5-3-4-6-14(12)15(19)20/h3-6,11,13H,7-10H2,1-2H3,(H,17,21)(H,19,20). The van der Waals surface area contributed by atoms with Crippen LogP contribution >= 0.6 is 0 Å². The summed E-state index contributed by atoms with van der Waals surface area (Å²) in [5.74, 6) is 0.424. The quantitative estimate of drug-likeness (QED) is 0.844. The van der Waals surface area contributed by atoms with Gasteiger partial charge in [0.2, 0.25) is 0 Å². The first-order valence-corrected chi connectivity index (χ1v) is 7.29. The maximum absolute atomic E-state index is 11.9. The van der Waals surface area contributed by atoms with Crippen LogP contribution in [0.1, 0.15) is 29.3 Å². The van der Waals surface area contributed by atoms with Gasteiger partial charge in [-0.05, 0) is 36.3 Å². The molecular formula is C16H22N2O3. The number of urea groups is 1. The minimum Gasteiger partial charge on any atom is -0.478 e. The van der Waals surface area contributed by atoms with Gasteiger partial charge in [0.1, 0.15) is 0 Å². The third kappa shape index (κ3) is 4.21. The molecule has 2 unspecified atom stereocenters. The Morgan fingerprint density at radius 3 is 2.67 bits per heavy atom. The van der Waals surface area contributed by atoms with E-state index in [2.05, 4.69) is 12.2 Å². The molecule has 0 bridgehead atoms. The summed E-state index contributed by atoms with van der Waals surface area (Å²) < 4.78 is 0. The second-order valence-electron chi connectivity index (χ2n) is 5.80. The normalized spacial score (nSPS) is 19.9. The predicted molar refractivity (Wildman–Crippen MR) is 80.4 cm³/mol. The lowest BCUT2D eigenvalue weighted by atomic mass is 10.0. The summed E-state index contributed by atoms with van der Waals surface area (Å²) in [6.45, 7) is 3.42. The smallest absolute Gasteiger partial charge is 0.335 e.